The maximum Gasteiger partial charge on any atom is 0.269 e. The van der Waals surface area contributed by atoms with Crippen molar-refractivity contribution in [1.82, 2.24) is 49.2 Å². The number of aromatic nitrogens is 2. The Balaban J connectivity index is 0.000000206. The van der Waals surface area contributed by atoms with Gasteiger partial charge in [-0.15, -0.1) is 0 Å². The molecule has 0 aliphatic carbocycles. The van der Waals surface area contributed by atoms with Gasteiger partial charge in [-0.1, -0.05) is 73.5 Å². The van der Waals surface area contributed by atoms with Crippen molar-refractivity contribution < 1.29 is 29.0 Å². The molecule has 0 saturated carbocycles. The molecule has 4 N–H and O–H groups in total. The van der Waals surface area contributed by atoms with Crippen molar-refractivity contribution in [2.45, 2.75) is 142 Å². The Kier molecular flexibility index (Phi) is 27.4. The number of non-ortho nitro benzene ring substituents is 2. The number of pyridine rings is 2. The number of rotatable bonds is 18. The van der Waals surface area contributed by atoms with E-state index < -0.39 is 0 Å². The average Bonchev–Trinajstić information content (AvgIpc) is 0.872. The number of benzene rings is 4. The summed E-state index contributed by atoms with van der Waals surface area (Å²) in [6, 6.07) is 42.3. The van der Waals surface area contributed by atoms with E-state index in [1.54, 1.807) is 24.3 Å². The molecule has 544 valence electrons. The zero-order chi connectivity index (χ0) is 71.2. The number of amides is 4. The first-order valence-corrected chi connectivity index (χ1v) is 37.6. The number of carbonyl (C=O) groups excluding carboxylic acids is 4. The van der Waals surface area contributed by atoms with Crippen molar-refractivity contribution in [1.29, 1.82) is 0 Å². The molecule has 0 radical (unpaired) electrons. The maximum absolute atomic E-state index is 13.5. The minimum Gasteiger partial charge on any atom is -0.399 e. The van der Waals surface area contributed by atoms with Crippen LogP contribution in [0.15, 0.2) is 133 Å². The molecule has 12 rings (SSSR count). The average molecular weight is 1390 g/mol. The van der Waals surface area contributed by atoms with E-state index >= 15 is 0 Å². The zero-order valence-corrected chi connectivity index (χ0v) is 59.7. The zero-order valence-electron chi connectivity index (χ0n) is 59.7. The molecule has 4 bridgehead atoms. The Bertz CT molecular complexity index is 3450. The van der Waals surface area contributed by atoms with Crippen molar-refractivity contribution >= 4 is 46.4 Å². The van der Waals surface area contributed by atoms with Gasteiger partial charge in [-0.25, -0.2) is 0 Å². The summed E-state index contributed by atoms with van der Waals surface area (Å²) in [5.74, 6) is 2.89. The SMILES string of the molecule is Nc1ccc(CC2CCN(C(=O)CN3CCCCCN(CC(=O)N4CCC(Cc5ccc(N)cc5)CC4)Cc4cccc(n4)C3)CC2)cc1.O=C(CN1CCCCCN(CC(=O)N2CCC(Cc3ccc([N+](=O)[O-])cc3)CC2)Cc2cccc(n2)C1)N1CCC(Cc2ccc([N+](=O)[O-])cc2)CC1. The fraction of sp³-hybridized carbons (Fsp3) is 0.525. The predicted molar refractivity (Wildman–Crippen MR) is 397 cm³/mol. The Labute approximate surface area is 602 Å². The fourth-order valence-electron chi connectivity index (χ4n) is 15.7. The summed E-state index contributed by atoms with van der Waals surface area (Å²) in [6.07, 6.45) is 17.8. The van der Waals surface area contributed by atoms with Crippen molar-refractivity contribution in [3.05, 3.63) is 199 Å². The number of nitrogens with zero attached hydrogens (tertiary/aromatic N) is 12. The van der Waals surface area contributed by atoms with Crippen LogP contribution >= 0.6 is 0 Å². The van der Waals surface area contributed by atoms with Crippen LogP contribution in [0.4, 0.5) is 22.7 Å². The Morgan fingerprint density at radius 3 is 0.784 bits per heavy atom. The highest BCUT2D eigenvalue weighted by Gasteiger charge is 2.30. The molecular weight excluding hydrogens is 1280 g/mol. The van der Waals surface area contributed by atoms with Crippen LogP contribution in [-0.2, 0) is 71.0 Å². The molecule has 8 heterocycles. The van der Waals surface area contributed by atoms with E-state index in [0.717, 1.165) is 239 Å². The van der Waals surface area contributed by atoms with Gasteiger partial charge >= 0.3 is 0 Å². The first kappa shape index (κ1) is 74.5. The van der Waals surface area contributed by atoms with Crippen LogP contribution < -0.4 is 11.5 Å². The first-order valence-electron chi connectivity index (χ1n) is 37.6. The summed E-state index contributed by atoms with van der Waals surface area (Å²) in [5.41, 5.74) is 22.2. The number of fused-ring (bicyclic) bond motifs is 4. The quantitative estimate of drug-likeness (QED) is 0.0460. The standard InChI is InChI=1S/C40H51N7O6.C40H55N7O2/c48-39(44-21-15-33(16-22-44)25-31-7-11-37(12-8-31)46(50)51)29-42-19-2-1-3-20-43(28-36-6-4-5-35(27-42)41-36)30-40(49)45-23-17-34(18-24-45)26-32-9-13-38(14-10-32)47(52)53;41-35-11-7-31(8-12-35)25-33-15-21-46(22-16-33)39(48)29-44-19-2-1-3-20-45(28-38-6-4-5-37(27-44)43-38)30-40(49)47-23-17-34(18-24-47)26-32-9-13-36(42)14-10-32/h4-14,33-34H,1-3,15-30H2;4-14,33-34H,1-3,15-30,41-42H2. The summed E-state index contributed by atoms with van der Waals surface area (Å²) in [6.45, 7) is 13.7. The van der Waals surface area contributed by atoms with Crippen LogP contribution in [0.1, 0.15) is 135 Å². The molecule has 6 aliphatic rings. The highest BCUT2D eigenvalue weighted by atomic mass is 16.6. The highest BCUT2D eigenvalue weighted by molar-refractivity contribution is 5.80. The lowest BCUT2D eigenvalue weighted by Gasteiger charge is -2.34. The number of nitro benzene ring substituents is 2. The smallest absolute Gasteiger partial charge is 0.269 e. The number of hydrogen-bond acceptors (Lipinski definition) is 16. The number of anilines is 2. The molecule has 4 aromatic carbocycles. The van der Waals surface area contributed by atoms with Gasteiger partial charge in [0.05, 0.1) is 58.8 Å². The van der Waals surface area contributed by atoms with Crippen LogP contribution in [0.5, 0.6) is 0 Å². The van der Waals surface area contributed by atoms with Crippen LogP contribution in [0.2, 0.25) is 0 Å². The molecule has 2 aromatic heterocycles. The van der Waals surface area contributed by atoms with Crippen LogP contribution in [-0.4, -0.2) is 187 Å². The van der Waals surface area contributed by atoms with Gasteiger partial charge in [0, 0.05) is 114 Å². The van der Waals surface area contributed by atoms with Gasteiger partial charge in [0.15, 0.2) is 0 Å². The topological polar surface area (TPSA) is 258 Å². The van der Waals surface area contributed by atoms with Crippen molar-refractivity contribution in [3.63, 3.8) is 0 Å². The molecule has 0 spiro atoms. The second kappa shape index (κ2) is 37.5. The number of nitro groups is 2. The normalized spacial score (nSPS) is 18.9. The first-order chi connectivity index (χ1) is 49.5. The lowest BCUT2D eigenvalue weighted by molar-refractivity contribution is -0.385. The Hall–Kier alpha value is -8.70. The fourth-order valence-corrected chi connectivity index (χ4v) is 15.7. The van der Waals surface area contributed by atoms with Gasteiger partial charge in [0.1, 0.15) is 0 Å². The molecule has 102 heavy (non-hydrogen) atoms. The Morgan fingerprint density at radius 1 is 0.333 bits per heavy atom. The molecule has 4 fully saturated rings. The molecule has 4 amide bonds. The summed E-state index contributed by atoms with van der Waals surface area (Å²) in [5, 5.41) is 21.9. The second-order valence-electron chi connectivity index (χ2n) is 29.6. The largest absolute Gasteiger partial charge is 0.399 e. The number of nitrogen functional groups attached to an aromatic ring is 2. The molecule has 6 aliphatic heterocycles. The van der Waals surface area contributed by atoms with E-state index in [1.165, 1.54) is 11.1 Å². The molecule has 0 atom stereocenters. The van der Waals surface area contributed by atoms with Crippen molar-refractivity contribution in [3.8, 4) is 0 Å². The second-order valence-corrected chi connectivity index (χ2v) is 29.6. The van der Waals surface area contributed by atoms with Crippen LogP contribution in [0.25, 0.3) is 0 Å². The van der Waals surface area contributed by atoms with E-state index in [2.05, 4.69) is 71.9 Å². The van der Waals surface area contributed by atoms with Crippen molar-refractivity contribution in [2.24, 2.45) is 23.7 Å². The molecule has 0 unspecified atom stereocenters. The number of hydrogen-bond donors (Lipinski definition) is 2. The lowest BCUT2D eigenvalue weighted by Crippen LogP contribution is -2.45. The number of carbonyl (C=O) groups is 4. The van der Waals surface area contributed by atoms with E-state index in [1.807, 2.05) is 76.5 Å². The van der Waals surface area contributed by atoms with E-state index in [0.29, 0.717) is 76.0 Å². The van der Waals surface area contributed by atoms with Gasteiger partial charge < -0.3 is 31.1 Å². The van der Waals surface area contributed by atoms with Gasteiger partial charge in [-0.05, 0) is 223 Å². The third kappa shape index (κ3) is 23.2. The van der Waals surface area contributed by atoms with Gasteiger partial charge in [0.2, 0.25) is 23.6 Å². The number of nitrogens with two attached hydrogens (primary N) is 2. The van der Waals surface area contributed by atoms with Crippen LogP contribution in [0, 0.1) is 43.9 Å². The predicted octanol–water partition coefficient (Wildman–Crippen LogP) is 10.6. The molecule has 22 heteroatoms. The summed E-state index contributed by atoms with van der Waals surface area (Å²) in [4.78, 5) is 102. The van der Waals surface area contributed by atoms with Crippen molar-refractivity contribution in [2.75, 3.05) is 116 Å². The van der Waals surface area contributed by atoms with Gasteiger partial charge in [-0.3, -0.25) is 69.0 Å². The molecule has 4 saturated heterocycles. The molecule has 22 nitrogen and oxygen atoms in total. The van der Waals surface area contributed by atoms with E-state index in [9.17, 15) is 39.4 Å². The maximum atomic E-state index is 13.5. The minimum atomic E-state index is -0.375. The highest BCUT2D eigenvalue weighted by Crippen LogP contribution is 2.29. The third-order valence-corrected chi connectivity index (χ3v) is 21.8. The lowest BCUT2D eigenvalue weighted by atomic mass is 9.90. The number of piperidine rings is 4. The summed E-state index contributed by atoms with van der Waals surface area (Å²) < 4.78 is 0. The summed E-state index contributed by atoms with van der Waals surface area (Å²) >= 11 is 0. The minimum absolute atomic E-state index is 0.107. The van der Waals surface area contributed by atoms with E-state index in [-0.39, 0.29) is 44.9 Å². The monoisotopic (exact) mass is 1390 g/mol. The molecular formula is C80H106N14O8. The van der Waals surface area contributed by atoms with Gasteiger partial charge in [-0.2, -0.15) is 0 Å². The molecule has 6 aromatic rings. The summed E-state index contributed by atoms with van der Waals surface area (Å²) in [7, 11) is 0. The Morgan fingerprint density at radius 2 is 0.559 bits per heavy atom. The van der Waals surface area contributed by atoms with E-state index in [4.69, 9.17) is 21.4 Å². The van der Waals surface area contributed by atoms with Crippen LogP contribution in [0.3, 0.4) is 0 Å². The van der Waals surface area contributed by atoms with Gasteiger partial charge in [0.25, 0.3) is 11.4 Å². The third-order valence-electron chi connectivity index (χ3n) is 21.8. The number of likely N-dealkylation sites (tertiary alicyclic amines) is 4.